The maximum atomic E-state index is 5.90. The van der Waals surface area contributed by atoms with E-state index in [4.69, 9.17) is 11.6 Å². The highest BCUT2D eigenvalue weighted by Gasteiger charge is 2.11. The Hall–Kier alpha value is -1.32. The van der Waals surface area contributed by atoms with Gasteiger partial charge in [-0.3, -0.25) is 4.68 Å². The van der Waals surface area contributed by atoms with E-state index < -0.39 is 0 Å². The van der Waals surface area contributed by atoms with Crippen LogP contribution < -0.4 is 5.32 Å². The summed E-state index contributed by atoms with van der Waals surface area (Å²) in [5.41, 5.74) is 3.64. The molecule has 0 aliphatic carbocycles. The fourth-order valence-electron chi connectivity index (χ4n) is 1.95. The van der Waals surface area contributed by atoms with Gasteiger partial charge in [0.05, 0.1) is 12.2 Å². The summed E-state index contributed by atoms with van der Waals surface area (Å²) in [6.07, 6.45) is 2.11. The minimum absolute atomic E-state index is 0.116. The Kier molecular flexibility index (Phi) is 4.51. The summed E-state index contributed by atoms with van der Waals surface area (Å²) in [4.78, 5) is 0. The van der Waals surface area contributed by atoms with Crippen LogP contribution in [0, 0.1) is 6.92 Å². The summed E-state index contributed by atoms with van der Waals surface area (Å²) in [7, 11) is 0. The molecule has 0 aliphatic heterocycles. The molecule has 4 heteroatoms. The van der Waals surface area contributed by atoms with Crippen LogP contribution in [-0.2, 0) is 13.1 Å². The second-order valence-corrected chi connectivity index (χ2v) is 6.60. The molecule has 0 spiro atoms. The smallest absolute Gasteiger partial charge is 0.0659 e. The topological polar surface area (TPSA) is 29.9 Å². The van der Waals surface area contributed by atoms with Crippen molar-refractivity contribution in [1.82, 2.24) is 15.1 Å². The molecule has 0 aliphatic rings. The fourth-order valence-corrected chi connectivity index (χ4v) is 2.08. The predicted molar refractivity (Wildman–Crippen MR) is 84.1 cm³/mol. The molecule has 0 fully saturated rings. The molecule has 1 heterocycles. The number of aromatic nitrogens is 2. The Morgan fingerprint density at radius 2 is 1.85 bits per heavy atom. The van der Waals surface area contributed by atoms with E-state index in [2.05, 4.69) is 44.3 Å². The molecule has 1 aromatic heterocycles. The molecule has 2 rings (SSSR count). The Labute approximate surface area is 126 Å². The molecular formula is C16H22ClN3. The van der Waals surface area contributed by atoms with Gasteiger partial charge in [-0.05, 0) is 45.4 Å². The van der Waals surface area contributed by atoms with Crippen LogP contribution in [0.1, 0.15) is 37.6 Å². The quantitative estimate of drug-likeness (QED) is 0.929. The van der Waals surface area contributed by atoms with Gasteiger partial charge in [0.15, 0.2) is 0 Å². The van der Waals surface area contributed by atoms with Crippen LogP contribution in [0.4, 0.5) is 0 Å². The zero-order valence-corrected chi connectivity index (χ0v) is 13.3. The van der Waals surface area contributed by atoms with E-state index in [1.165, 1.54) is 11.1 Å². The maximum absolute atomic E-state index is 5.90. The summed E-state index contributed by atoms with van der Waals surface area (Å²) < 4.78 is 1.98. The monoisotopic (exact) mass is 291 g/mol. The van der Waals surface area contributed by atoms with Gasteiger partial charge >= 0.3 is 0 Å². The van der Waals surface area contributed by atoms with Crippen molar-refractivity contribution in [3.05, 3.63) is 52.3 Å². The van der Waals surface area contributed by atoms with E-state index in [1.54, 1.807) is 0 Å². The van der Waals surface area contributed by atoms with E-state index in [0.29, 0.717) is 0 Å². The molecule has 0 atom stereocenters. The molecule has 0 radical (unpaired) electrons. The standard InChI is InChI=1S/C16H22ClN3/c1-12-14(9-18-16(2,3)4)11-20(19-12)10-13-5-7-15(17)8-6-13/h5-8,11,18H,9-10H2,1-4H3. The molecule has 3 nitrogen and oxygen atoms in total. The molecule has 0 unspecified atom stereocenters. The van der Waals surface area contributed by atoms with Crippen LogP contribution in [0.5, 0.6) is 0 Å². The van der Waals surface area contributed by atoms with E-state index in [-0.39, 0.29) is 5.54 Å². The van der Waals surface area contributed by atoms with Crippen molar-refractivity contribution in [3.8, 4) is 0 Å². The molecule has 1 aromatic carbocycles. The summed E-state index contributed by atoms with van der Waals surface area (Å²) in [6, 6.07) is 7.89. The lowest BCUT2D eigenvalue weighted by Gasteiger charge is -2.20. The van der Waals surface area contributed by atoms with Gasteiger partial charge in [0, 0.05) is 28.9 Å². The molecule has 2 aromatic rings. The molecule has 0 saturated carbocycles. The highest BCUT2D eigenvalue weighted by Crippen LogP contribution is 2.13. The highest BCUT2D eigenvalue weighted by atomic mass is 35.5. The molecule has 1 N–H and O–H groups in total. The van der Waals surface area contributed by atoms with Crippen LogP contribution in [0.3, 0.4) is 0 Å². The Morgan fingerprint density at radius 1 is 1.20 bits per heavy atom. The third kappa shape index (κ3) is 4.36. The minimum Gasteiger partial charge on any atom is -0.308 e. The van der Waals surface area contributed by atoms with Gasteiger partial charge in [0.1, 0.15) is 0 Å². The number of halogens is 1. The lowest BCUT2D eigenvalue weighted by Crippen LogP contribution is -2.35. The van der Waals surface area contributed by atoms with E-state index in [1.807, 2.05) is 28.9 Å². The van der Waals surface area contributed by atoms with Gasteiger partial charge in [-0.1, -0.05) is 23.7 Å². The average molecular weight is 292 g/mol. The van der Waals surface area contributed by atoms with Crippen molar-refractivity contribution in [3.63, 3.8) is 0 Å². The van der Waals surface area contributed by atoms with Gasteiger partial charge in [-0.25, -0.2) is 0 Å². The first-order valence-electron chi connectivity index (χ1n) is 6.86. The Morgan fingerprint density at radius 3 is 2.45 bits per heavy atom. The zero-order valence-electron chi connectivity index (χ0n) is 12.6. The normalized spacial score (nSPS) is 11.8. The van der Waals surface area contributed by atoms with E-state index >= 15 is 0 Å². The number of nitrogens with zero attached hydrogens (tertiary/aromatic N) is 2. The van der Waals surface area contributed by atoms with Crippen molar-refractivity contribution in [2.24, 2.45) is 0 Å². The largest absolute Gasteiger partial charge is 0.308 e. The lowest BCUT2D eigenvalue weighted by atomic mass is 10.1. The van der Waals surface area contributed by atoms with Crippen LogP contribution in [0.15, 0.2) is 30.5 Å². The van der Waals surface area contributed by atoms with Crippen LogP contribution in [0.2, 0.25) is 5.02 Å². The third-order valence-corrected chi connectivity index (χ3v) is 3.37. The van der Waals surface area contributed by atoms with Crippen molar-refractivity contribution >= 4 is 11.6 Å². The first-order chi connectivity index (χ1) is 9.33. The molecule has 0 bridgehead atoms. The van der Waals surface area contributed by atoms with Crippen LogP contribution in [-0.4, -0.2) is 15.3 Å². The number of hydrogen-bond acceptors (Lipinski definition) is 2. The van der Waals surface area contributed by atoms with Gasteiger partial charge in [-0.15, -0.1) is 0 Å². The molecule has 0 saturated heterocycles. The number of nitrogens with one attached hydrogen (secondary N) is 1. The van der Waals surface area contributed by atoms with Gasteiger partial charge in [0.25, 0.3) is 0 Å². The summed E-state index contributed by atoms with van der Waals surface area (Å²) in [6.45, 7) is 10.2. The molecule has 0 amide bonds. The number of benzene rings is 1. The van der Waals surface area contributed by atoms with Crippen LogP contribution >= 0.6 is 11.6 Å². The zero-order chi connectivity index (χ0) is 14.8. The summed E-state index contributed by atoms with van der Waals surface area (Å²) in [5.74, 6) is 0. The Balaban J connectivity index is 2.05. The number of rotatable bonds is 4. The number of hydrogen-bond donors (Lipinski definition) is 1. The van der Waals surface area contributed by atoms with E-state index in [9.17, 15) is 0 Å². The molecule has 20 heavy (non-hydrogen) atoms. The minimum atomic E-state index is 0.116. The van der Waals surface area contributed by atoms with Gasteiger partial charge in [0.2, 0.25) is 0 Å². The van der Waals surface area contributed by atoms with Crippen molar-refractivity contribution in [2.75, 3.05) is 0 Å². The van der Waals surface area contributed by atoms with Crippen molar-refractivity contribution < 1.29 is 0 Å². The fraction of sp³-hybridized carbons (Fsp3) is 0.438. The maximum Gasteiger partial charge on any atom is 0.0659 e. The Bertz CT molecular complexity index is 564. The molecule has 108 valence electrons. The second-order valence-electron chi connectivity index (χ2n) is 6.17. The summed E-state index contributed by atoms with van der Waals surface area (Å²) >= 11 is 5.90. The third-order valence-electron chi connectivity index (χ3n) is 3.12. The average Bonchev–Trinajstić information content (AvgIpc) is 2.69. The SMILES string of the molecule is Cc1nn(Cc2ccc(Cl)cc2)cc1CNC(C)(C)C. The van der Waals surface area contributed by atoms with Crippen molar-refractivity contribution in [1.29, 1.82) is 0 Å². The van der Waals surface area contributed by atoms with Crippen LogP contribution in [0.25, 0.3) is 0 Å². The van der Waals surface area contributed by atoms with E-state index in [0.717, 1.165) is 23.8 Å². The molecular weight excluding hydrogens is 270 g/mol. The lowest BCUT2D eigenvalue weighted by molar-refractivity contribution is 0.423. The van der Waals surface area contributed by atoms with Crippen molar-refractivity contribution in [2.45, 2.75) is 46.3 Å². The summed E-state index contributed by atoms with van der Waals surface area (Å²) in [5, 5.41) is 8.83. The second kappa shape index (κ2) is 5.98. The van der Waals surface area contributed by atoms with Gasteiger partial charge < -0.3 is 5.32 Å². The highest BCUT2D eigenvalue weighted by molar-refractivity contribution is 6.30. The first-order valence-corrected chi connectivity index (χ1v) is 7.24. The number of aryl methyl sites for hydroxylation is 1. The van der Waals surface area contributed by atoms with Gasteiger partial charge in [-0.2, -0.15) is 5.10 Å². The first kappa shape index (κ1) is 15.1. The predicted octanol–water partition coefficient (Wildman–Crippen LogP) is 3.78.